The summed E-state index contributed by atoms with van der Waals surface area (Å²) in [6.45, 7) is 4.32. The number of hydrogen-bond acceptors (Lipinski definition) is 4. The molecule has 2 rings (SSSR count). The molecule has 18 heavy (non-hydrogen) atoms. The van der Waals surface area contributed by atoms with Crippen LogP contribution in [-0.4, -0.2) is 55.9 Å². The van der Waals surface area contributed by atoms with Crippen LogP contribution in [0.3, 0.4) is 0 Å². The third-order valence-electron chi connectivity index (χ3n) is 3.49. The largest absolute Gasteiger partial charge is 0.381 e. The molecule has 1 atom stereocenters. The lowest BCUT2D eigenvalue weighted by Gasteiger charge is -2.30. The molecule has 0 unspecified atom stereocenters. The summed E-state index contributed by atoms with van der Waals surface area (Å²) in [7, 11) is 0. The van der Waals surface area contributed by atoms with Crippen molar-refractivity contribution < 1.29 is 19.1 Å². The summed E-state index contributed by atoms with van der Waals surface area (Å²) < 4.78 is 10.4. The number of urea groups is 1. The van der Waals surface area contributed by atoms with Crippen LogP contribution in [0, 0.1) is 5.92 Å². The molecular weight excluding hydrogens is 236 g/mol. The van der Waals surface area contributed by atoms with Gasteiger partial charge in [0.2, 0.25) is 0 Å². The average Bonchev–Trinajstić information content (AvgIpc) is 2.90. The Kier molecular flexibility index (Phi) is 4.54. The van der Waals surface area contributed by atoms with E-state index in [4.69, 9.17) is 9.47 Å². The first-order valence-corrected chi connectivity index (χ1v) is 6.40. The monoisotopic (exact) mass is 256 g/mol. The van der Waals surface area contributed by atoms with E-state index in [9.17, 15) is 9.59 Å². The number of hydrogen-bond donors (Lipinski definition) is 1. The van der Waals surface area contributed by atoms with Gasteiger partial charge in [-0.3, -0.25) is 9.69 Å². The number of carbonyl (C=O) groups is 2. The molecule has 2 aliphatic heterocycles. The van der Waals surface area contributed by atoms with E-state index in [0.717, 1.165) is 12.8 Å². The van der Waals surface area contributed by atoms with Crippen LogP contribution in [0.25, 0.3) is 0 Å². The van der Waals surface area contributed by atoms with Gasteiger partial charge in [-0.05, 0) is 25.7 Å². The molecule has 0 saturated carbocycles. The summed E-state index contributed by atoms with van der Waals surface area (Å²) in [5.41, 5.74) is 0. The normalized spacial score (nSPS) is 22.8. The van der Waals surface area contributed by atoms with Gasteiger partial charge in [0.1, 0.15) is 6.73 Å². The molecule has 2 amide bonds. The molecule has 102 valence electrons. The molecule has 6 nitrogen and oxygen atoms in total. The zero-order chi connectivity index (χ0) is 13.0. The number of rotatable bonds is 3. The van der Waals surface area contributed by atoms with E-state index in [1.54, 1.807) is 4.90 Å². The van der Waals surface area contributed by atoms with Crippen molar-refractivity contribution >= 4 is 11.8 Å². The highest BCUT2D eigenvalue weighted by Crippen LogP contribution is 2.19. The highest BCUT2D eigenvalue weighted by atomic mass is 16.5. The zero-order valence-electron chi connectivity index (χ0n) is 10.7. The molecular formula is C12H20N2O4. The molecule has 0 aromatic carbocycles. The number of Topliss-reactive ketones (excluding diaryl/α,β-unsaturated/α-hetero) is 1. The first-order chi connectivity index (χ1) is 8.68. The van der Waals surface area contributed by atoms with Crippen LogP contribution in [0.15, 0.2) is 0 Å². The molecule has 0 aromatic heterocycles. The van der Waals surface area contributed by atoms with E-state index in [0.29, 0.717) is 33.1 Å². The van der Waals surface area contributed by atoms with Gasteiger partial charge in [0.05, 0.1) is 12.6 Å². The highest BCUT2D eigenvalue weighted by molar-refractivity contribution is 5.87. The van der Waals surface area contributed by atoms with Gasteiger partial charge in [0, 0.05) is 19.8 Å². The first-order valence-electron chi connectivity index (χ1n) is 6.40. The minimum Gasteiger partial charge on any atom is -0.381 e. The third kappa shape index (κ3) is 3.20. The van der Waals surface area contributed by atoms with Gasteiger partial charge in [-0.25, -0.2) is 4.79 Å². The maximum atomic E-state index is 12.0. The summed E-state index contributed by atoms with van der Waals surface area (Å²) in [6, 6.07) is -0.610. The van der Waals surface area contributed by atoms with Crippen molar-refractivity contribution in [3.8, 4) is 0 Å². The van der Waals surface area contributed by atoms with Crippen LogP contribution in [-0.2, 0) is 14.3 Å². The third-order valence-corrected chi connectivity index (χ3v) is 3.49. The molecule has 0 aliphatic carbocycles. The van der Waals surface area contributed by atoms with Crippen LogP contribution in [0.1, 0.15) is 19.8 Å². The highest BCUT2D eigenvalue weighted by Gasteiger charge is 2.30. The predicted molar refractivity (Wildman–Crippen MR) is 64.1 cm³/mol. The fraction of sp³-hybridized carbons (Fsp3) is 0.833. The minimum absolute atomic E-state index is 0.00960. The van der Waals surface area contributed by atoms with Crippen molar-refractivity contribution in [2.24, 2.45) is 5.92 Å². The van der Waals surface area contributed by atoms with Gasteiger partial charge in [-0.1, -0.05) is 0 Å². The van der Waals surface area contributed by atoms with E-state index in [1.807, 2.05) is 0 Å². The van der Waals surface area contributed by atoms with Crippen molar-refractivity contribution in [1.82, 2.24) is 10.2 Å². The fourth-order valence-electron chi connectivity index (χ4n) is 2.40. The Hall–Kier alpha value is -1.14. The van der Waals surface area contributed by atoms with Gasteiger partial charge in [-0.2, -0.15) is 0 Å². The Morgan fingerprint density at radius 3 is 2.50 bits per heavy atom. The van der Waals surface area contributed by atoms with E-state index >= 15 is 0 Å². The van der Waals surface area contributed by atoms with Gasteiger partial charge in [0.25, 0.3) is 0 Å². The zero-order valence-corrected chi connectivity index (χ0v) is 10.7. The second-order valence-corrected chi connectivity index (χ2v) is 4.79. The lowest BCUT2D eigenvalue weighted by molar-refractivity contribution is -0.120. The molecule has 6 heteroatoms. The van der Waals surface area contributed by atoms with Gasteiger partial charge in [-0.15, -0.1) is 0 Å². The Morgan fingerprint density at radius 2 is 1.94 bits per heavy atom. The maximum Gasteiger partial charge on any atom is 0.319 e. The molecule has 1 N–H and O–H groups in total. The standard InChI is InChI=1S/C12H20N2O4/c1-9(15)11(10-2-5-17-6-3-10)13-12(16)14-4-7-18-8-14/h10-11H,2-8H2,1H3,(H,13,16)/t11-/m1/s1. The van der Waals surface area contributed by atoms with E-state index in [-0.39, 0.29) is 17.7 Å². The maximum absolute atomic E-state index is 12.0. The molecule has 2 aliphatic rings. The lowest BCUT2D eigenvalue weighted by atomic mass is 9.89. The van der Waals surface area contributed by atoms with E-state index in [2.05, 4.69) is 5.32 Å². The summed E-state index contributed by atoms with van der Waals surface area (Å²) in [4.78, 5) is 25.2. The summed E-state index contributed by atoms with van der Waals surface area (Å²) in [5.74, 6) is 0.194. The Labute approximate surface area is 107 Å². The second kappa shape index (κ2) is 6.15. The lowest BCUT2D eigenvalue weighted by Crippen LogP contribution is -2.51. The number of carbonyl (C=O) groups excluding carboxylic acids is 2. The van der Waals surface area contributed by atoms with Crippen molar-refractivity contribution in [2.45, 2.75) is 25.8 Å². The average molecular weight is 256 g/mol. The molecule has 0 radical (unpaired) electrons. The van der Waals surface area contributed by atoms with E-state index < -0.39 is 6.04 Å². The topological polar surface area (TPSA) is 67.9 Å². The Bertz CT molecular complexity index is 309. The predicted octanol–water partition coefficient (Wildman–Crippen LogP) is 0.370. The number of nitrogens with zero attached hydrogens (tertiary/aromatic N) is 1. The SMILES string of the molecule is CC(=O)[C@@H](NC(=O)N1CCOC1)C1CCOCC1. The number of ketones is 1. The molecule has 2 fully saturated rings. The molecule has 2 saturated heterocycles. The summed E-state index contributed by atoms with van der Waals surface area (Å²) in [6.07, 6.45) is 1.64. The van der Waals surface area contributed by atoms with Gasteiger partial charge in [0.15, 0.2) is 5.78 Å². The fourth-order valence-corrected chi connectivity index (χ4v) is 2.40. The Balaban J connectivity index is 1.92. The number of nitrogens with one attached hydrogen (secondary N) is 1. The summed E-state index contributed by atoms with van der Waals surface area (Å²) >= 11 is 0. The minimum atomic E-state index is -0.401. The van der Waals surface area contributed by atoms with Crippen LogP contribution in [0.2, 0.25) is 0 Å². The van der Waals surface area contributed by atoms with Crippen LogP contribution >= 0.6 is 0 Å². The molecule has 0 bridgehead atoms. The quantitative estimate of drug-likeness (QED) is 0.792. The molecule has 0 spiro atoms. The van der Waals surface area contributed by atoms with Crippen molar-refractivity contribution in [3.63, 3.8) is 0 Å². The first kappa shape index (κ1) is 13.3. The Morgan fingerprint density at radius 1 is 1.22 bits per heavy atom. The number of amides is 2. The summed E-state index contributed by atoms with van der Waals surface area (Å²) in [5, 5.41) is 2.83. The van der Waals surface area contributed by atoms with Crippen molar-refractivity contribution in [3.05, 3.63) is 0 Å². The van der Waals surface area contributed by atoms with Crippen LogP contribution in [0.5, 0.6) is 0 Å². The molecule has 0 aromatic rings. The van der Waals surface area contributed by atoms with E-state index in [1.165, 1.54) is 6.92 Å². The van der Waals surface area contributed by atoms with Crippen LogP contribution < -0.4 is 5.32 Å². The molecule has 2 heterocycles. The van der Waals surface area contributed by atoms with Crippen molar-refractivity contribution in [2.75, 3.05) is 33.1 Å². The van der Waals surface area contributed by atoms with Crippen LogP contribution in [0.4, 0.5) is 4.79 Å². The van der Waals surface area contributed by atoms with Gasteiger partial charge < -0.3 is 14.8 Å². The number of ether oxygens (including phenoxy) is 2. The second-order valence-electron chi connectivity index (χ2n) is 4.79. The smallest absolute Gasteiger partial charge is 0.319 e. The van der Waals surface area contributed by atoms with Gasteiger partial charge >= 0.3 is 6.03 Å². The van der Waals surface area contributed by atoms with Crippen molar-refractivity contribution in [1.29, 1.82) is 0 Å².